The summed E-state index contributed by atoms with van der Waals surface area (Å²) >= 11 is 6.99. The molecular weight excluding hydrogens is 304 g/mol. The van der Waals surface area contributed by atoms with Crippen LogP contribution in [0, 0.1) is 0 Å². The van der Waals surface area contributed by atoms with Gasteiger partial charge in [-0.1, -0.05) is 0 Å². The molecule has 86 valence electrons. The van der Waals surface area contributed by atoms with E-state index < -0.39 is 0 Å². The summed E-state index contributed by atoms with van der Waals surface area (Å²) in [4.78, 5) is 5.62. The van der Waals surface area contributed by atoms with Crippen LogP contribution in [-0.4, -0.2) is 11.5 Å². The Hall–Kier alpha value is -0.230. The minimum Gasteiger partial charge on any atom is -0.309 e. The van der Waals surface area contributed by atoms with Crippen LogP contribution >= 0.6 is 38.6 Å². The first-order valence-electron chi connectivity index (χ1n) is 5.10. The maximum Gasteiger partial charge on any atom is 0.0794 e. The number of hydrogen-bond donors (Lipinski definition) is 1. The average molecular weight is 317 g/mol. The van der Waals surface area contributed by atoms with Crippen molar-refractivity contribution in [1.82, 2.24) is 10.3 Å². The van der Waals surface area contributed by atoms with Gasteiger partial charge >= 0.3 is 0 Å². The molecule has 1 N–H and O–H groups in total. The number of aromatic nitrogens is 1. The topological polar surface area (TPSA) is 24.9 Å². The van der Waals surface area contributed by atoms with Gasteiger partial charge in [-0.25, -0.2) is 4.98 Å². The third-order valence-electron chi connectivity index (χ3n) is 2.35. The molecule has 0 fully saturated rings. The Morgan fingerprint density at radius 1 is 1.56 bits per heavy atom. The van der Waals surface area contributed by atoms with Gasteiger partial charge in [-0.05, 0) is 34.3 Å². The molecule has 0 saturated carbocycles. The Bertz CT molecular complexity index is 425. The fraction of sp³-hybridized carbons (Fsp3) is 0.364. The van der Waals surface area contributed by atoms with Crippen molar-refractivity contribution >= 4 is 38.6 Å². The zero-order valence-corrected chi connectivity index (χ0v) is 12.2. The Morgan fingerprint density at radius 3 is 3.06 bits per heavy atom. The van der Waals surface area contributed by atoms with E-state index in [1.54, 1.807) is 22.7 Å². The lowest BCUT2D eigenvalue weighted by atomic mass is 10.2. The highest BCUT2D eigenvalue weighted by Crippen LogP contribution is 2.28. The zero-order valence-electron chi connectivity index (χ0n) is 8.94. The van der Waals surface area contributed by atoms with E-state index in [-0.39, 0.29) is 0 Å². The molecule has 2 nitrogen and oxygen atoms in total. The molecule has 2 aromatic rings. The Labute approximate surface area is 112 Å². The molecule has 2 heterocycles. The van der Waals surface area contributed by atoms with Crippen LogP contribution in [0.5, 0.6) is 0 Å². The van der Waals surface area contributed by atoms with E-state index in [1.165, 1.54) is 15.0 Å². The second-order valence-corrected chi connectivity index (χ2v) is 6.06. The number of thiazole rings is 1. The van der Waals surface area contributed by atoms with Crippen molar-refractivity contribution in [2.45, 2.75) is 19.4 Å². The van der Waals surface area contributed by atoms with Gasteiger partial charge in [0.15, 0.2) is 0 Å². The lowest BCUT2D eigenvalue weighted by Gasteiger charge is -2.12. The molecule has 2 aromatic heterocycles. The van der Waals surface area contributed by atoms with E-state index in [4.69, 9.17) is 0 Å². The van der Waals surface area contributed by atoms with Crippen molar-refractivity contribution in [1.29, 1.82) is 0 Å². The molecule has 0 saturated heterocycles. The van der Waals surface area contributed by atoms with Crippen molar-refractivity contribution in [2.75, 3.05) is 6.54 Å². The molecule has 16 heavy (non-hydrogen) atoms. The number of halogens is 1. The summed E-state index contributed by atoms with van der Waals surface area (Å²) in [6.07, 6.45) is 0.997. The number of nitrogens with zero attached hydrogens (tertiary/aromatic N) is 1. The van der Waals surface area contributed by atoms with Gasteiger partial charge in [0, 0.05) is 33.7 Å². The summed E-state index contributed by atoms with van der Waals surface area (Å²) in [5, 5.41) is 7.72. The first kappa shape index (κ1) is 12.2. The predicted molar refractivity (Wildman–Crippen MR) is 74.3 cm³/mol. The van der Waals surface area contributed by atoms with Gasteiger partial charge in [-0.3, -0.25) is 0 Å². The molecule has 2 rings (SSSR count). The highest BCUT2D eigenvalue weighted by molar-refractivity contribution is 9.10. The first-order valence-corrected chi connectivity index (χ1v) is 7.72. The third kappa shape index (κ3) is 3.13. The van der Waals surface area contributed by atoms with Gasteiger partial charge in [0.25, 0.3) is 0 Å². The quantitative estimate of drug-likeness (QED) is 0.906. The molecule has 0 radical (unpaired) electrons. The Morgan fingerprint density at radius 2 is 2.44 bits per heavy atom. The lowest BCUT2D eigenvalue weighted by molar-refractivity contribution is 0.581. The molecule has 0 aromatic carbocycles. The van der Waals surface area contributed by atoms with Crippen molar-refractivity contribution in [3.63, 3.8) is 0 Å². The summed E-state index contributed by atoms with van der Waals surface area (Å²) in [5.41, 5.74) is 3.06. The summed E-state index contributed by atoms with van der Waals surface area (Å²) < 4.78 is 1.20. The maximum absolute atomic E-state index is 4.27. The first-order chi connectivity index (χ1) is 7.77. The molecule has 1 unspecified atom stereocenters. The summed E-state index contributed by atoms with van der Waals surface area (Å²) in [6.45, 7) is 3.16. The van der Waals surface area contributed by atoms with Crippen LogP contribution in [-0.2, 0) is 6.42 Å². The van der Waals surface area contributed by atoms with Gasteiger partial charge in [0.05, 0.1) is 11.2 Å². The largest absolute Gasteiger partial charge is 0.309 e. The third-order valence-corrected chi connectivity index (χ3v) is 5.04. The van der Waals surface area contributed by atoms with Crippen LogP contribution in [0.4, 0.5) is 0 Å². The SMILES string of the molecule is CC(NCCc1cscn1)c1sccc1Br. The van der Waals surface area contributed by atoms with Gasteiger partial charge in [0.1, 0.15) is 0 Å². The second-order valence-electron chi connectivity index (χ2n) is 3.54. The highest BCUT2D eigenvalue weighted by Gasteiger charge is 2.09. The molecule has 5 heteroatoms. The van der Waals surface area contributed by atoms with Crippen LogP contribution in [0.2, 0.25) is 0 Å². The minimum atomic E-state index is 0.396. The summed E-state index contributed by atoms with van der Waals surface area (Å²) in [6, 6.07) is 2.49. The number of nitrogens with one attached hydrogen (secondary N) is 1. The van der Waals surface area contributed by atoms with E-state index >= 15 is 0 Å². The smallest absolute Gasteiger partial charge is 0.0794 e. The molecule has 0 spiro atoms. The van der Waals surface area contributed by atoms with Crippen LogP contribution in [0.1, 0.15) is 23.5 Å². The van der Waals surface area contributed by atoms with Gasteiger partial charge in [-0.2, -0.15) is 0 Å². The lowest BCUT2D eigenvalue weighted by Crippen LogP contribution is -2.20. The van der Waals surface area contributed by atoms with Gasteiger partial charge < -0.3 is 5.32 Å². The monoisotopic (exact) mass is 316 g/mol. The summed E-state index contributed by atoms with van der Waals surface area (Å²) in [5.74, 6) is 0. The van der Waals surface area contributed by atoms with E-state index in [1.807, 2.05) is 5.51 Å². The fourth-order valence-electron chi connectivity index (χ4n) is 1.48. The average Bonchev–Trinajstić information content (AvgIpc) is 2.88. The molecule has 0 aliphatic carbocycles. The van der Waals surface area contributed by atoms with Crippen molar-refractivity contribution < 1.29 is 0 Å². The fourth-order valence-corrected chi connectivity index (χ4v) is 3.83. The maximum atomic E-state index is 4.27. The number of thiophene rings is 1. The summed E-state index contributed by atoms with van der Waals surface area (Å²) in [7, 11) is 0. The van der Waals surface area contributed by atoms with Crippen molar-refractivity contribution in [3.8, 4) is 0 Å². The van der Waals surface area contributed by atoms with Gasteiger partial charge in [0.2, 0.25) is 0 Å². The van der Waals surface area contributed by atoms with Crippen LogP contribution in [0.15, 0.2) is 26.8 Å². The van der Waals surface area contributed by atoms with E-state index in [0.717, 1.165) is 13.0 Å². The predicted octanol–water partition coefficient (Wildman–Crippen LogP) is 3.86. The van der Waals surface area contributed by atoms with E-state index in [9.17, 15) is 0 Å². The Kier molecular flexibility index (Phi) is 4.52. The van der Waals surface area contributed by atoms with E-state index in [2.05, 4.69) is 50.0 Å². The molecule has 0 amide bonds. The molecule has 0 aliphatic rings. The highest BCUT2D eigenvalue weighted by atomic mass is 79.9. The van der Waals surface area contributed by atoms with Crippen LogP contribution in [0.25, 0.3) is 0 Å². The number of hydrogen-bond acceptors (Lipinski definition) is 4. The van der Waals surface area contributed by atoms with Crippen LogP contribution in [0.3, 0.4) is 0 Å². The zero-order chi connectivity index (χ0) is 11.4. The molecular formula is C11H13BrN2S2. The normalized spacial score (nSPS) is 12.9. The standard InChI is InChI=1S/C11H13BrN2S2/c1-8(11-10(12)3-5-16-11)13-4-2-9-6-15-7-14-9/h3,5-8,13H,2,4H2,1H3. The van der Waals surface area contributed by atoms with Crippen molar-refractivity contribution in [2.24, 2.45) is 0 Å². The molecule has 0 bridgehead atoms. The van der Waals surface area contributed by atoms with E-state index in [0.29, 0.717) is 6.04 Å². The minimum absolute atomic E-state index is 0.396. The Balaban J connectivity index is 1.80. The molecule has 0 aliphatic heterocycles. The second kappa shape index (κ2) is 5.91. The number of rotatable bonds is 5. The van der Waals surface area contributed by atoms with Gasteiger partial charge in [-0.15, -0.1) is 22.7 Å². The van der Waals surface area contributed by atoms with Crippen molar-refractivity contribution in [3.05, 3.63) is 37.4 Å². The van der Waals surface area contributed by atoms with Crippen LogP contribution < -0.4 is 5.32 Å². The molecule has 1 atom stereocenters.